The van der Waals surface area contributed by atoms with Crippen molar-refractivity contribution in [3.63, 3.8) is 0 Å². The zero-order valence-corrected chi connectivity index (χ0v) is 13.3. The molecule has 0 aliphatic rings. The molecule has 3 N–H and O–H groups in total. The fourth-order valence-electron chi connectivity index (χ4n) is 2.10. The average molecular weight is 301 g/mol. The lowest BCUT2D eigenvalue weighted by atomic mass is 10.1. The van der Waals surface area contributed by atoms with Crippen LogP contribution in [0.3, 0.4) is 0 Å². The van der Waals surface area contributed by atoms with E-state index in [0.29, 0.717) is 6.61 Å². The Kier molecular flexibility index (Phi) is 13.1. The molecule has 0 heterocycles. The number of unbranched alkanes of at least 4 members (excludes halogenated alkanes) is 9. The lowest BCUT2D eigenvalue weighted by molar-refractivity contribution is -0.148. The molecule has 0 aromatic rings. The summed E-state index contributed by atoms with van der Waals surface area (Å²) in [5.41, 5.74) is 5.25. The molecule has 0 radical (unpaired) electrons. The van der Waals surface area contributed by atoms with Crippen molar-refractivity contribution < 1.29 is 19.4 Å². The van der Waals surface area contributed by atoms with Crippen molar-refractivity contribution in [3.8, 4) is 0 Å². The Balaban J connectivity index is 3.25. The molecule has 0 rings (SSSR count). The van der Waals surface area contributed by atoms with Crippen LogP contribution in [0.25, 0.3) is 0 Å². The van der Waals surface area contributed by atoms with E-state index < -0.39 is 18.0 Å². The molecule has 0 aromatic heterocycles. The molecule has 0 spiro atoms. The van der Waals surface area contributed by atoms with Crippen LogP contribution >= 0.6 is 0 Å². The molecule has 0 amide bonds. The summed E-state index contributed by atoms with van der Waals surface area (Å²) < 4.78 is 4.95. The summed E-state index contributed by atoms with van der Waals surface area (Å²) in [7, 11) is 0. The predicted molar refractivity (Wildman–Crippen MR) is 83.0 cm³/mol. The highest BCUT2D eigenvalue weighted by atomic mass is 16.5. The number of carboxylic acids is 1. The van der Waals surface area contributed by atoms with Gasteiger partial charge in [0, 0.05) is 0 Å². The molecule has 124 valence electrons. The number of carbonyl (C=O) groups excluding carboxylic acids is 1. The molecule has 0 aromatic carbocycles. The minimum absolute atomic E-state index is 0.257. The lowest BCUT2D eigenvalue weighted by Gasteiger charge is -2.07. The maximum absolute atomic E-state index is 11.3. The summed E-state index contributed by atoms with van der Waals surface area (Å²) in [6.07, 6.45) is 12.0. The van der Waals surface area contributed by atoms with E-state index >= 15 is 0 Å². The molecular weight excluding hydrogens is 270 g/mol. The maximum Gasteiger partial charge on any atom is 0.321 e. The smallest absolute Gasteiger partial charge is 0.321 e. The second kappa shape index (κ2) is 13.9. The molecule has 0 aliphatic heterocycles. The summed E-state index contributed by atoms with van der Waals surface area (Å²) in [6, 6.07) is -1.16. The SMILES string of the molecule is CCCCCCCCCCCCOC(=O)C[C@H](N)C(=O)O. The van der Waals surface area contributed by atoms with Crippen molar-refractivity contribution in [2.24, 2.45) is 5.73 Å². The quantitative estimate of drug-likeness (QED) is 0.380. The van der Waals surface area contributed by atoms with Crippen LogP contribution in [0, 0.1) is 0 Å². The Morgan fingerprint density at radius 1 is 0.952 bits per heavy atom. The number of hydrogen-bond acceptors (Lipinski definition) is 4. The summed E-state index contributed by atoms with van der Waals surface area (Å²) >= 11 is 0. The number of nitrogens with two attached hydrogens (primary N) is 1. The van der Waals surface area contributed by atoms with Gasteiger partial charge in [-0.25, -0.2) is 0 Å². The second-order valence-electron chi connectivity index (χ2n) is 5.55. The highest BCUT2D eigenvalue weighted by Gasteiger charge is 2.16. The van der Waals surface area contributed by atoms with Gasteiger partial charge in [-0.15, -0.1) is 0 Å². The standard InChI is InChI=1S/C16H31NO4/c1-2-3-4-5-6-7-8-9-10-11-12-21-15(18)13-14(17)16(19)20/h14H,2-13,17H2,1H3,(H,19,20)/t14-/m0/s1. The molecular formula is C16H31NO4. The molecule has 5 heteroatoms. The van der Waals surface area contributed by atoms with Crippen molar-refractivity contribution in [1.82, 2.24) is 0 Å². The Morgan fingerprint density at radius 3 is 1.90 bits per heavy atom. The van der Waals surface area contributed by atoms with Crippen molar-refractivity contribution in [2.75, 3.05) is 6.61 Å². The number of esters is 1. The molecule has 0 saturated heterocycles. The lowest BCUT2D eigenvalue weighted by Crippen LogP contribution is -2.33. The van der Waals surface area contributed by atoms with Gasteiger partial charge in [0.05, 0.1) is 13.0 Å². The molecule has 0 saturated carbocycles. The molecule has 0 bridgehead atoms. The summed E-state index contributed by atoms with van der Waals surface area (Å²) in [4.78, 5) is 21.7. The first-order chi connectivity index (χ1) is 10.1. The van der Waals surface area contributed by atoms with Gasteiger partial charge in [0.2, 0.25) is 0 Å². The number of rotatable bonds is 14. The van der Waals surface area contributed by atoms with Crippen LogP contribution in [0.15, 0.2) is 0 Å². The minimum Gasteiger partial charge on any atom is -0.480 e. The van der Waals surface area contributed by atoms with Crippen molar-refractivity contribution in [2.45, 2.75) is 83.6 Å². The third-order valence-electron chi connectivity index (χ3n) is 3.46. The number of carbonyl (C=O) groups is 2. The molecule has 0 fully saturated rings. The first-order valence-corrected chi connectivity index (χ1v) is 8.22. The van der Waals surface area contributed by atoms with Crippen molar-refractivity contribution in [1.29, 1.82) is 0 Å². The zero-order chi connectivity index (χ0) is 15.9. The van der Waals surface area contributed by atoms with Crippen LogP contribution in [0.2, 0.25) is 0 Å². The van der Waals surface area contributed by atoms with Gasteiger partial charge in [0.25, 0.3) is 0 Å². The first-order valence-electron chi connectivity index (χ1n) is 8.22. The van der Waals surface area contributed by atoms with E-state index in [1.54, 1.807) is 0 Å². The van der Waals surface area contributed by atoms with Crippen LogP contribution in [0.5, 0.6) is 0 Å². The third kappa shape index (κ3) is 13.6. The summed E-state index contributed by atoms with van der Waals surface area (Å²) in [5.74, 6) is -1.70. The Labute approximate surface area is 128 Å². The molecule has 0 aliphatic carbocycles. The number of carboxylic acid groups (broad SMARTS) is 1. The number of aliphatic carboxylic acids is 1. The fourth-order valence-corrected chi connectivity index (χ4v) is 2.10. The predicted octanol–water partition coefficient (Wildman–Crippen LogP) is 3.25. The Hall–Kier alpha value is -1.10. The minimum atomic E-state index is -1.18. The van der Waals surface area contributed by atoms with Crippen molar-refractivity contribution in [3.05, 3.63) is 0 Å². The highest BCUT2D eigenvalue weighted by Crippen LogP contribution is 2.10. The van der Waals surface area contributed by atoms with Crippen LogP contribution in [-0.4, -0.2) is 29.7 Å². The number of ether oxygens (including phenoxy) is 1. The van der Waals surface area contributed by atoms with Gasteiger partial charge in [0.15, 0.2) is 0 Å². The third-order valence-corrected chi connectivity index (χ3v) is 3.46. The van der Waals surface area contributed by atoms with Gasteiger partial charge < -0.3 is 15.6 Å². The highest BCUT2D eigenvalue weighted by molar-refractivity contribution is 5.81. The van der Waals surface area contributed by atoms with E-state index in [0.717, 1.165) is 12.8 Å². The van der Waals surface area contributed by atoms with E-state index in [1.165, 1.54) is 51.4 Å². The van der Waals surface area contributed by atoms with Crippen LogP contribution < -0.4 is 5.73 Å². The summed E-state index contributed by atoms with van der Waals surface area (Å²) in [6.45, 7) is 2.59. The largest absolute Gasteiger partial charge is 0.480 e. The van der Waals surface area contributed by atoms with E-state index in [4.69, 9.17) is 15.6 Å². The van der Waals surface area contributed by atoms with E-state index in [2.05, 4.69) is 6.92 Å². The Bertz CT molecular complexity index is 281. The van der Waals surface area contributed by atoms with Crippen LogP contribution in [0.1, 0.15) is 77.6 Å². The van der Waals surface area contributed by atoms with Gasteiger partial charge in [-0.2, -0.15) is 0 Å². The normalized spacial score (nSPS) is 12.1. The topological polar surface area (TPSA) is 89.6 Å². The average Bonchev–Trinajstić information content (AvgIpc) is 2.44. The maximum atomic E-state index is 11.3. The summed E-state index contributed by atoms with van der Waals surface area (Å²) in [5, 5.41) is 8.56. The second-order valence-corrected chi connectivity index (χ2v) is 5.55. The van der Waals surface area contributed by atoms with Crippen molar-refractivity contribution >= 4 is 11.9 Å². The van der Waals surface area contributed by atoms with Gasteiger partial charge in [-0.05, 0) is 6.42 Å². The van der Waals surface area contributed by atoms with E-state index in [9.17, 15) is 9.59 Å². The van der Waals surface area contributed by atoms with Gasteiger partial charge in [0.1, 0.15) is 6.04 Å². The molecule has 5 nitrogen and oxygen atoms in total. The molecule has 21 heavy (non-hydrogen) atoms. The first kappa shape index (κ1) is 19.9. The van der Waals surface area contributed by atoms with Crippen LogP contribution in [-0.2, 0) is 14.3 Å². The zero-order valence-electron chi connectivity index (χ0n) is 13.3. The van der Waals surface area contributed by atoms with E-state index in [1.807, 2.05) is 0 Å². The van der Waals surface area contributed by atoms with Gasteiger partial charge in [-0.3, -0.25) is 9.59 Å². The van der Waals surface area contributed by atoms with Gasteiger partial charge >= 0.3 is 11.9 Å². The van der Waals surface area contributed by atoms with Gasteiger partial charge in [-0.1, -0.05) is 64.7 Å². The molecule has 1 atom stereocenters. The number of hydrogen-bond donors (Lipinski definition) is 2. The monoisotopic (exact) mass is 301 g/mol. The van der Waals surface area contributed by atoms with E-state index in [-0.39, 0.29) is 6.42 Å². The fraction of sp³-hybridized carbons (Fsp3) is 0.875. The van der Waals surface area contributed by atoms with Crippen LogP contribution in [0.4, 0.5) is 0 Å². The molecule has 0 unspecified atom stereocenters. The Morgan fingerprint density at radius 2 is 1.43 bits per heavy atom.